The maximum absolute atomic E-state index is 6.16. The molecule has 1 heterocycles. The Morgan fingerprint density at radius 3 is 3.00 bits per heavy atom. The Hall–Kier alpha value is -0.580. The smallest absolute Gasteiger partial charge is 0.138 e. The molecule has 1 aromatic rings. The van der Waals surface area contributed by atoms with Crippen molar-refractivity contribution in [3.8, 4) is 5.75 Å². The van der Waals surface area contributed by atoms with Crippen molar-refractivity contribution in [2.75, 3.05) is 19.8 Å². The van der Waals surface area contributed by atoms with E-state index >= 15 is 0 Å². The summed E-state index contributed by atoms with van der Waals surface area (Å²) in [6, 6.07) is 6.21. The maximum Gasteiger partial charge on any atom is 0.138 e. The van der Waals surface area contributed by atoms with Crippen molar-refractivity contribution in [1.29, 1.82) is 0 Å². The number of benzene rings is 1. The van der Waals surface area contributed by atoms with E-state index in [9.17, 15) is 0 Å². The lowest BCUT2D eigenvalue weighted by atomic mass is 10.1. The summed E-state index contributed by atoms with van der Waals surface area (Å²) in [6.07, 6.45) is 2.32. The highest BCUT2D eigenvalue weighted by atomic mass is 79.9. The Bertz CT molecular complexity index is 417. The molecule has 1 fully saturated rings. The summed E-state index contributed by atoms with van der Waals surface area (Å²) < 4.78 is 12.7. The Labute approximate surface area is 130 Å². The van der Waals surface area contributed by atoms with Gasteiger partial charge in [-0.2, -0.15) is 0 Å². The first kappa shape index (κ1) is 15.8. The van der Waals surface area contributed by atoms with E-state index in [2.05, 4.69) is 47.2 Å². The zero-order valence-corrected chi connectivity index (χ0v) is 13.9. The first-order valence-corrected chi connectivity index (χ1v) is 8.18. The first-order valence-electron chi connectivity index (χ1n) is 7.39. The van der Waals surface area contributed by atoms with Crippen LogP contribution in [-0.4, -0.2) is 25.9 Å². The highest BCUT2D eigenvalue weighted by molar-refractivity contribution is 9.10. The number of rotatable bonds is 6. The van der Waals surface area contributed by atoms with Crippen LogP contribution in [0, 0.1) is 5.92 Å². The molecule has 20 heavy (non-hydrogen) atoms. The first-order chi connectivity index (χ1) is 9.66. The van der Waals surface area contributed by atoms with Crippen molar-refractivity contribution >= 4 is 15.9 Å². The number of hydrogen-bond donors (Lipinski definition) is 1. The molecule has 0 aliphatic carbocycles. The Kier molecular flexibility index (Phi) is 6.33. The molecule has 1 N–H and O–H groups in total. The minimum atomic E-state index is 0.172. The van der Waals surface area contributed by atoms with E-state index in [1.54, 1.807) is 0 Å². The predicted molar refractivity (Wildman–Crippen MR) is 85.2 cm³/mol. The van der Waals surface area contributed by atoms with Gasteiger partial charge in [-0.15, -0.1) is 0 Å². The number of nitrogens with one attached hydrogen (secondary N) is 1. The van der Waals surface area contributed by atoms with Gasteiger partial charge < -0.3 is 14.8 Å². The number of halogens is 1. The lowest BCUT2D eigenvalue weighted by Crippen LogP contribution is -2.29. The van der Waals surface area contributed by atoms with Gasteiger partial charge in [-0.3, -0.25) is 0 Å². The van der Waals surface area contributed by atoms with E-state index in [0.717, 1.165) is 42.8 Å². The van der Waals surface area contributed by atoms with Crippen LogP contribution in [0.5, 0.6) is 5.75 Å². The molecule has 1 aromatic carbocycles. The molecule has 112 valence electrons. The average Bonchev–Trinajstić information content (AvgIpc) is 2.43. The fraction of sp³-hybridized carbons (Fsp3) is 0.625. The number of para-hydroxylation sites is 1. The Morgan fingerprint density at radius 2 is 2.30 bits per heavy atom. The molecular formula is C16H24BrNO2. The molecule has 0 aromatic heterocycles. The molecule has 0 saturated carbocycles. The van der Waals surface area contributed by atoms with Gasteiger partial charge in [0.15, 0.2) is 0 Å². The van der Waals surface area contributed by atoms with Crippen molar-refractivity contribution < 1.29 is 9.47 Å². The molecule has 1 unspecified atom stereocenters. The van der Waals surface area contributed by atoms with Crippen LogP contribution in [0.2, 0.25) is 0 Å². The number of ether oxygens (including phenoxy) is 2. The topological polar surface area (TPSA) is 30.5 Å². The van der Waals surface area contributed by atoms with Crippen molar-refractivity contribution in [2.24, 2.45) is 5.92 Å². The van der Waals surface area contributed by atoms with Crippen LogP contribution in [0.3, 0.4) is 0 Å². The van der Waals surface area contributed by atoms with Gasteiger partial charge in [0.05, 0.1) is 11.1 Å². The Morgan fingerprint density at radius 1 is 1.45 bits per heavy atom. The fourth-order valence-electron chi connectivity index (χ4n) is 2.29. The van der Waals surface area contributed by atoms with Crippen molar-refractivity contribution in [1.82, 2.24) is 5.32 Å². The summed E-state index contributed by atoms with van der Waals surface area (Å²) in [4.78, 5) is 0. The van der Waals surface area contributed by atoms with Gasteiger partial charge in [0, 0.05) is 18.7 Å². The van der Waals surface area contributed by atoms with Gasteiger partial charge in [-0.1, -0.05) is 26.0 Å². The van der Waals surface area contributed by atoms with Gasteiger partial charge in [0.25, 0.3) is 0 Å². The van der Waals surface area contributed by atoms with Gasteiger partial charge in [0.1, 0.15) is 11.9 Å². The van der Waals surface area contributed by atoms with E-state index in [-0.39, 0.29) is 6.10 Å². The maximum atomic E-state index is 6.16. The van der Waals surface area contributed by atoms with Crippen molar-refractivity contribution in [3.05, 3.63) is 28.2 Å². The minimum Gasteiger partial charge on any atom is -0.486 e. The van der Waals surface area contributed by atoms with Gasteiger partial charge >= 0.3 is 0 Å². The third kappa shape index (κ3) is 4.76. The van der Waals surface area contributed by atoms with Crippen molar-refractivity contribution in [2.45, 2.75) is 39.3 Å². The summed E-state index contributed by atoms with van der Waals surface area (Å²) in [5, 5.41) is 3.47. The molecule has 0 spiro atoms. The highest BCUT2D eigenvalue weighted by Crippen LogP contribution is 2.31. The molecule has 2 rings (SSSR count). The predicted octanol–water partition coefficient (Wildman–Crippen LogP) is 3.75. The van der Waals surface area contributed by atoms with E-state index in [1.807, 2.05) is 6.07 Å². The van der Waals surface area contributed by atoms with Crippen molar-refractivity contribution in [3.63, 3.8) is 0 Å². The zero-order valence-electron chi connectivity index (χ0n) is 12.3. The molecule has 0 bridgehead atoms. The Balaban J connectivity index is 2.01. The summed E-state index contributed by atoms with van der Waals surface area (Å²) in [6.45, 7) is 7.83. The second-order valence-corrected chi connectivity index (χ2v) is 6.56. The molecule has 0 amide bonds. The third-order valence-corrected chi connectivity index (χ3v) is 3.94. The van der Waals surface area contributed by atoms with Crippen LogP contribution in [0.4, 0.5) is 0 Å². The van der Waals surface area contributed by atoms with Crippen LogP contribution in [0.15, 0.2) is 22.7 Å². The van der Waals surface area contributed by atoms with Crippen LogP contribution < -0.4 is 10.1 Å². The number of hydrogen-bond acceptors (Lipinski definition) is 3. The highest BCUT2D eigenvalue weighted by Gasteiger charge is 2.18. The summed E-state index contributed by atoms with van der Waals surface area (Å²) in [5.41, 5.74) is 1.20. The van der Waals surface area contributed by atoms with Crippen LogP contribution in [0.1, 0.15) is 32.3 Å². The summed E-state index contributed by atoms with van der Waals surface area (Å²) in [7, 11) is 0. The van der Waals surface area contributed by atoms with E-state index < -0.39 is 0 Å². The van der Waals surface area contributed by atoms with Gasteiger partial charge in [0.2, 0.25) is 0 Å². The summed E-state index contributed by atoms with van der Waals surface area (Å²) >= 11 is 3.60. The quantitative estimate of drug-likeness (QED) is 0.854. The fourth-order valence-corrected chi connectivity index (χ4v) is 2.79. The van der Waals surface area contributed by atoms with Gasteiger partial charge in [-0.25, -0.2) is 0 Å². The van der Waals surface area contributed by atoms with Crippen LogP contribution in [-0.2, 0) is 11.3 Å². The monoisotopic (exact) mass is 341 g/mol. The second kappa shape index (κ2) is 8.01. The van der Waals surface area contributed by atoms with E-state index in [1.165, 1.54) is 5.56 Å². The van der Waals surface area contributed by atoms with Crippen LogP contribution in [0.25, 0.3) is 0 Å². The average molecular weight is 342 g/mol. The molecular weight excluding hydrogens is 318 g/mol. The molecule has 1 aliphatic heterocycles. The lowest BCUT2D eigenvalue weighted by Gasteiger charge is -2.25. The molecule has 4 heteroatoms. The largest absolute Gasteiger partial charge is 0.486 e. The zero-order chi connectivity index (χ0) is 14.4. The SMILES string of the molecule is CC(C)CNCc1cccc(Br)c1OC1CCCOC1. The lowest BCUT2D eigenvalue weighted by molar-refractivity contribution is 0.00668. The standard InChI is InChI=1S/C16H24BrNO2/c1-12(2)9-18-10-13-5-3-7-15(17)16(13)20-14-6-4-8-19-11-14/h3,5,7,12,14,18H,4,6,8-11H2,1-2H3. The summed E-state index contributed by atoms with van der Waals surface area (Å²) in [5.74, 6) is 1.61. The molecule has 3 nitrogen and oxygen atoms in total. The van der Waals surface area contributed by atoms with E-state index in [0.29, 0.717) is 12.5 Å². The van der Waals surface area contributed by atoms with E-state index in [4.69, 9.17) is 9.47 Å². The van der Waals surface area contributed by atoms with Crippen LogP contribution >= 0.6 is 15.9 Å². The minimum absolute atomic E-state index is 0.172. The third-order valence-electron chi connectivity index (χ3n) is 3.32. The van der Waals surface area contributed by atoms with Gasteiger partial charge in [-0.05, 0) is 47.3 Å². The second-order valence-electron chi connectivity index (χ2n) is 5.71. The normalized spacial score (nSPS) is 19.3. The molecule has 1 aliphatic rings. The molecule has 1 saturated heterocycles. The molecule has 0 radical (unpaired) electrons. The molecule has 1 atom stereocenters.